The van der Waals surface area contributed by atoms with Gasteiger partial charge in [0.1, 0.15) is 5.82 Å². The second-order valence-electron chi connectivity index (χ2n) is 8.70. The van der Waals surface area contributed by atoms with Gasteiger partial charge in [0.15, 0.2) is 0 Å². The molecule has 1 fully saturated rings. The van der Waals surface area contributed by atoms with Gasteiger partial charge in [-0.2, -0.15) is 4.98 Å². The molecule has 1 aromatic heterocycles. The maximum Gasteiger partial charge on any atom is 0.244 e. The summed E-state index contributed by atoms with van der Waals surface area (Å²) in [5.41, 5.74) is 4.30. The molecule has 33 heavy (non-hydrogen) atoms. The minimum Gasteiger partial charge on any atom is -0.337 e. The Morgan fingerprint density at radius 2 is 1.88 bits per heavy atom. The molecule has 0 bridgehead atoms. The molecule has 2 heterocycles. The highest BCUT2D eigenvalue weighted by molar-refractivity contribution is 5.93. The van der Waals surface area contributed by atoms with Gasteiger partial charge >= 0.3 is 0 Å². The molecule has 0 radical (unpaired) electrons. The highest BCUT2D eigenvalue weighted by Gasteiger charge is 2.27. The third-order valence-electron chi connectivity index (χ3n) is 6.43. The molecule has 1 aliphatic rings. The number of hydrogen-bond donors (Lipinski definition) is 1. The molecule has 7 nitrogen and oxygen atoms in total. The standard InChI is InChI=1S/C25H30FN5O2/c1-16-6-5-7-22(18(16)3)27-23(32)15-30-10-12-31(13-11-30)19(4)25-28-24(29-33-25)20-9-8-17(2)21(26)14-20/h5-9,14,19H,10-13,15H2,1-4H3,(H,27,32). The van der Waals surface area contributed by atoms with E-state index < -0.39 is 0 Å². The summed E-state index contributed by atoms with van der Waals surface area (Å²) < 4.78 is 19.4. The van der Waals surface area contributed by atoms with Crippen molar-refractivity contribution in [3.8, 4) is 11.4 Å². The van der Waals surface area contributed by atoms with Crippen LogP contribution in [-0.2, 0) is 4.79 Å². The van der Waals surface area contributed by atoms with Crippen molar-refractivity contribution in [1.29, 1.82) is 0 Å². The first-order valence-electron chi connectivity index (χ1n) is 11.2. The first-order chi connectivity index (χ1) is 15.8. The van der Waals surface area contributed by atoms with Gasteiger partial charge in [0.2, 0.25) is 17.6 Å². The Labute approximate surface area is 193 Å². The van der Waals surface area contributed by atoms with Crippen LogP contribution in [0.2, 0.25) is 0 Å². The minimum absolute atomic E-state index is 0.00271. The summed E-state index contributed by atoms with van der Waals surface area (Å²) in [5.74, 6) is 0.603. The maximum absolute atomic E-state index is 13.9. The molecule has 1 unspecified atom stereocenters. The van der Waals surface area contributed by atoms with Crippen LogP contribution >= 0.6 is 0 Å². The quantitative estimate of drug-likeness (QED) is 0.608. The van der Waals surface area contributed by atoms with Gasteiger partial charge < -0.3 is 9.84 Å². The number of aromatic nitrogens is 2. The van der Waals surface area contributed by atoms with Gasteiger partial charge in [0.25, 0.3) is 0 Å². The topological polar surface area (TPSA) is 74.5 Å². The van der Waals surface area contributed by atoms with Crippen molar-refractivity contribution in [3.63, 3.8) is 0 Å². The molecular weight excluding hydrogens is 421 g/mol. The van der Waals surface area contributed by atoms with E-state index in [2.05, 4.69) is 25.3 Å². The summed E-state index contributed by atoms with van der Waals surface area (Å²) in [4.78, 5) is 21.4. The van der Waals surface area contributed by atoms with E-state index in [9.17, 15) is 9.18 Å². The van der Waals surface area contributed by atoms with Crippen molar-refractivity contribution < 1.29 is 13.7 Å². The first kappa shape index (κ1) is 23.1. The average molecular weight is 452 g/mol. The highest BCUT2D eigenvalue weighted by atomic mass is 19.1. The van der Waals surface area contributed by atoms with Crippen LogP contribution in [0.1, 0.15) is 35.5 Å². The highest BCUT2D eigenvalue weighted by Crippen LogP contribution is 2.25. The molecule has 0 spiro atoms. The van der Waals surface area contributed by atoms with Gasteiger partial charge in [-0.25, -0.2) is 4.39 Å². The van der Waals surface area contributed by atoms with Crippen LogP contribution in [0.4, 0.5) is 10.1 Å². The lowest BCUT2D eigenvalue weighted by molar-refractivity contribution is -0.117. The number of rotatable bonds is 6. The third-order valence-corrected chi connectivity index (χ3v) is 6.43. The zero-order chi connectivity index (χ0) is 23.5. The van der Waals surface area contributed by atoms with E-state index in [1.165, 1.54) is 6.07 Å². The fourth-order valence-corrected chi connectivity index (χ4v) is 4.00. The van der Waals surface area contributed by atoms with Crippen molar-refractivity contribution in [1.82, 2.24) is 19.9 Å². The Bertz CT molecular complexity index is 1140. The molecule has 174 valence electrons. The Morgan fingerprint density at radius 3 is 2.61 bits per heavy atom. The number of anilines is 1. The van der Waals surface area contributed by atoms with Crippen LogP contribution in [0.3, 0.4) is 0 Å². The molecule has 4 rings (SSSR count). The first-order valence-corrected chi connectivity index (χ1v) is 11.2. The SMILES string of the molecule is Cc1ccc(-c2noc(C(C)N3CCN(CC(=O)Nc4cccc(C)c4C)CC3)n2)cc1F. The summed E-state index contributed by atoms with van der Waals surface area (Å²) in [5, 5.41) is 7.07. The molecule has 3 aromatic rings. The van der Waals surface area contributed by atoms with Gasteiger partial charge in [-0.3, -0.25) is 14.6 Å². The van der Waals surface area contributed by atoms with Gasteiger partial charge in [-0.1, -0.05) is 29.4 Å². The molecule has 0 aliphatic carbocycles. The fourth-order valence-electron chi connectivity index (χ4n) is 4.00. The van der Waals surface area contributed by atoms with Crippen LogP contribution in [-0.4, -0.2) is 58.6 Å². The zero-order valence-electron chi connectivity index (χ0n) is 19.6. The molecular formula is C25H30FN5O2. The number of amides is 1. The van der Waals surface area contributed by atoms with Crippen LogP contribution in [0.5, 0.6) is 0 Å². The van der Waals surface area contributed by atoms with Crippen molar-refractivity contribution in [2.24, 2.45) is 0 Å². The summed E-state index contributed by atoms with van der Waals surface area (Å²) >= 11 is 0. The average Bonchev–Trinajstić information content (AvgIpc) is 3.29. The van der Waals surface area contributed by atoms with E-state index in [4.69, 9.17) is 4.52 Å². The normalized spacial score (nSPS) is 16.0. The third kappa shape index (κ3) is 5.29. The largest absolute Gasteiger partial charge is 0.337 e. The molecule has 1 saturated heterocycles. The van der Waals surface area contributed by atoms with Crippen molar-refractivity contribution in [2.75, 3.05) is 38.0 Å². The summed E-state index contributed by atoms with van der Waals surface area (Å²) in [6.07, 6.45) is 0. The lowest BCUT2D eigenvalue weighted by atomic mass is 10.1. The van der Waals surface area contributed by atoms with Gasteiger partial charge in [-0.05, 0) is 56.5 Å². The number of hydrogen-bond acceptors (Lipinski definition) is 6. The smallest absolute Gasteiger partial charge is 0.244 e. The fraction of sp³-hybridized carbons (Fsp3) is 0.400. The summed E-state index contributed by atoms with van der Waals surface area (Å²) in [7, 11) is 0. The Morgan fingerprint density at radius 1 is 1.12 bits per heavy atom. The van der Waals surface area contributed by atoms with Crippen molar-refractivity contribution in [2.45, 2.75) is 33.7 Å². The van der Waals surface area contributed by atoms with Crippen molar-refractivity contribution >= 4 is 11.6 Å². The summed E-state index contributed by atoms with van der Waals surface area (Å²) in [6, 6.07) is 10.8. The monoisotopic (exact) mass is 451 g/mol. The molecule has 1 atom stereocenters. The number of piperazine rings is 1. The molecule has 0 saturated carbocycles. The molecule has 1 aliphatic heterocycles. The second-order valence-corrected chi connectivity index (χ2v) is 8.70. The molecule has 8 heteroatoms. The van der Waals surface area contributed by atoms with Crippen LogP contribution in [0, 0.1) is 26.6 Å². The minimum atomic E-state index is -0.287. The predicted molar refractivity (Wildman–Crippen MR) is 125 cm³/mol. The Hall–Kier alpha value is -3.10. The molecule has 1 amide bonds. The second kappa shape index (κ2) is 9.80. The van der Waals surface area contributed by atoms with Crippen LogP contribution in [0.25, 0.3) is 11.4 Å². The summed E-state index contributed by atoms with van der Waals surface area (Å²) in [6.45, 7) is 11.3. The van der Waals surface area contributed by atoms with Crippen LogP contribution in [0.15, 0.2) is 40.9 Å². The van der Waals surface area contributed by atoms with Gasteiger partial charge in [-0.15, -0.1) is 0 Å². The maximum atomic E-state index is 13.9. The van der Waals surface area contributed by atoms with E-state index in [1.807, 2.05) is 39.0 Å². The number of nitrogens with zero attached hydrogens (tertiary/aromatic N) is 4. The lowest BCUT2D eigenvalue weighted by Crippen LogP contribution is -2.49. The number of carbonyl (C=O) groups is 1. The number of benzene rings is 2. The Kier molecular flexibility index (Phi) is 6.85. The van der Waals surface area contributed by atoms with E-state index in [0.29, 0.717) is 29.4 Å². The van der Waals surface area contributed by atoms with Crippen molar-refractivity contribution in [3.05, 3.63) is 64.8 Å². The number of nitrogens with one attached hydrogen (secondary N) is 1. The van der Waals surface area contributed by atoms with E-state index in [0.717, 1.165) is 43.0 Å². The lowest BCUT2D eigenvalue weighted by Gasteiger charge is -2.36. The van der Waals surface area contributed by atoms with Gasteiger partial charge in [0.05, 0.1) is 12.6 Å². The number of halogens is 1. The van der Waals surface area contributed by atoms with Gasteiger partial charge in [0, 0.05) is 37.4 Å². The zero-order valence-corrected chi connectivity index (χ0v) is 19.6. The molecule has 2 aromatic carbocycles. The van der Waals surface area contributed by atoms with Crippen LogP contribution < -0.4 is 5.32 Å². The van der Waals surface area contributed by atoms with E-state index in [1.54, 1.807) is 19.1 Å². The van der Waals surface area contributed by atoms with E-state index in [-0.39, 0.29) is 17.8 Å². The number of carbonyl (C=O) groups excluding carboxylic acids is 1. The van der Waals surface area contributed by atoms with E-state index >= 15 is 0 Å². The Balaban J connectivity index is 1.30. The predicted octanol–water partition coefficient (Wildman–Crippen LogP) is 4.12. The molecule has 1 N–H and O–H groups in total. The number of aryl methyl sites for hydroxylation is 2.